The van der Waals surface area contributed by atoms with Gasteiger partial charge in [0.1, 0.15) is 5.54 Å². The smallest absolute Gasteiger partial charge is 0.451 e. The van der Waals surface area contributed by atoms with Crippen molar-refractivity contribution in [2.24, 2.45) is 23.5 Å². The standard InChI is InChI=1S/C14H27BN2O5/c16-14(13(19)20)8-9-6-10(17-4-5-18)7-11(9)12(14)2-1-3-15(21)22/h9-12,17-18,21-22H,1-8,16H2,(H,19,20)/t9-,10+,11-,12+,14+/m1/s1. The molecule has 0 aliphatic heterocycles. The second-order valence-corrected chi connectivity index (χ2v) is 6.84. The summed E-state index contributed by atoms with van der Waals surface area (Å²) in [6, 6.07) is 0.312. The highest BCUT2D eigenvalue weighted by Gasteiger charge is 2.57. The lowest BCUT2D eigenvalue weighted by molar-refractivity contribution is -0.145. The number of nitrogens with one attached hydrogen (secondary N) is 1. The van der Waals surface area contributed by atoms with E-state index in [1.165, 1.54) is 0 Å². The number of nitrogens with two attached hydrogens (primary N) is 1. The fourth-order valence-electron chi connectivity index (χ4n) is 4.53. The van der Waals surface area contributed by atoms with Crippen LogP contribution in [0.1, 0.15) is 32.1 Å². The molecule has 0 bridgehead atoms. The highest BCUT2D eigenvalue weighted by molar-refractivity contribution is 6.40. The predicted molar refractivity (Wildman–Crippen MR) is 82.0 cm³/mol. The maximum Gasteiger partial charge on any atom is 0.451 e. The zero-order chi connectivity index (χ0) is 16.3. The number of aliphatic hydroxyl groups excluding tert-OH is 1. The van der Waals surface area contributed by atoms with Gasteiger partial charge in [-0.15, -0.1) is 0 Å². The number of fused-ring (bicyclic) bond motifs is 1. The van der Waals surface area contributed by atoms with E-state index < -0.39 is 18.6 Å². The van der Waals surface area contributed by atoms with Gasteiger partial charge in [0, 0.05) is 12.6 Å². The maximum atomic E-state index is 11.6. The normalized spacial score (nSPS) is 37.3. The van der Waals surface area contributed by atoms with Gasteiger partial charge in [-0.1, -0.05) is 6.42 Å². The average molecular weight is 314 g/mol. The first kappa shape index (κ1) is 17.7. The third kappa shape index (κ3) is 3.63. The van der Waals surface area contributed by atoms with Gasteiger partial charge in [0.2, 0.25) is 0 Å². The molecular formula is C14H27BN2O5. The molecule has 2 aliphatic carbocycles. The van der Waals surface area contributed by atoms with E-state index in [1.807, 2.05) is 0 Å². The first-order valence-corrected chi connectivity index (χ1v) is 8.11. The number of carbonyl (C=O) groups is 1. The van der Waals surface area contributed by atoms with Crippen LogP contribution in [0, 0.1) is 17.8 Å². The van der Waals surface area contributed by atoms with E-state index in [2.05, 4.69) is 5.32 Å². The van der Waals surface area contributed by atoms with Gasteiger partial charge in [0.05, 0.1) is 6.61 Å². The Balaban J connectivity index is 2.01. The van der Waals surface area contributed by atoms with E-state index in [4.69, 9.17) is 20.9 Å². The Labute approximate surface area is 131 Å². The van der Waals surface area contributed by atoms with Crippen LogP contribution in [-0.2, 0) is 4.79 Å². The van der Waals surface area contributed by atoms with Crippen LogP contribution in [0.3, 0.4) is 0 Å². The Morgan fingerprint density at radius 3 is 2.68 bits per heavy atom. The third-order valence-corrected chi connectivity index (χ3v) is 5.45. The van der Waals surface area contributed by atoms with Crippen molar-refractivity contribution in [3.8, 4) is 0 Å². The average Bonchev–Trinajstić information content (AvgIpc) is 2.93. The Morgan fingerprint density at radius 1 is 1.36 bits per heavy atom. The van der Waals surface area contributed by atoms with Gasteiger partial charge in [-0.3, -0.25) is 4.79 Å². The number of carboxylic acid groups (broad SMARTS) is 1. The van der Waals surface area contributed by atoms with Crippen LogP contribution in [-0.4, -0.2) is 58.1 Å². The molecule has 2 aliphatic rings. The van der Waals surface area contributed by atoms with Crippen molar-refractivity contribution in [3.05, 3.63) is 0 Å². The molecule has 0 heterocycles. The monoisotopic (exact) mass is 314 g/mol. The molecule has 0 aromatic carbocycles. The summed E-state index contributed by atoms with van der Waals surface area (Å²) in [5.74, 6) is -0.527. The van der Waals surface area contributed by atoms with E-state index in [9.17, 15) is 9.90 Å². The number of hydrogen-bond acceptors (Lipinski definition) is 6. The molecule has 22 heavy (non-hydrogen) atoms. The first-order valence-electron chi connectivity index (χ1n) is 8.11. The van der Waals surface area contributed by atoms with Crippen molar-refractivity contribution in [2.75, 3.05) is 13.2 Å². The molecule has 2 rings (SSSR count). The summed E-state index contributed by atoms with van der Waals surface area (Å²) in [6.07, 6.45) is 3.67. The van der Waals surface area contributed by atoms with E-state index in [-0.39, 0.29) is 24.8 Å². The van der Waals surface area contributed by atoms with Crippen LogP contribution in [0.4, 0.5) is 0 Å². The van der Waals surface area contributed by atoms with Crippen molar-refractivity contribution < 1.29 is 25.1 Å². The first-order chi connectivity index (χ1) is 10.4. The van der Waals surface area contributed by atoms with Gasteiger partial charge in [-0.25, -0.2) is 0 Å². The van der Waals surface area contributed by atoms with Crippen molar-refractivity contribution in [1.82, 2.24) is 5.32 Å². The van der Waals surface area contributed by atoms with Crippen LogP contribution in [0.2, 0.25) is 6.32 Å². The number of carboxylic acids is 1. The van der Waals surface area contributed by atoms with Crippen LogP contribution >= 0.6 is 0 Å². The minimum Gasteiger partial charge on any atom is -0.480 e. The molecule has 0 spiro atoms. The van der Waals surface area contributed by atoms with E-state index in [1.54, 1.807) is 0 Å². The molecular weight excluding hydrogens is 287 g/mol. The Bertz CT molecular complexity index is 397. The summed E-state index contributed by atoms with van der Waals surface area (Å²) < 4.78 is 0. The van der Waals surface area contributed by atoms with Crippen LogP contribution in [0.25, 0.3) is 0 Å². The molecule has 0 aromatic heterocycles. The lowest BCUT2D eigenvalue weighted by Crippen LogP contribution is -2.52. The summed E-state index contributed by atoms with van der Waals surface area (Å²) in [5, 5.41) is 39.7. The summed E-state index contributed by atoms with van der Waals surface area (Å²) in [4.78, 5) is 11.6. The summed E-state index contributed by atoms with van der Waals surface area (Å²) in [7, 11) is -1.35. The molecule has 7 nitrogen and oxygen atoms in total. The lowest BCUT2D eigenvalue weighted by atomic mass is 9.75. The van der Waals surface area contributed by atoms with Crippen LogP contribution < -0.4 is 11.1 Å². The fraction of sp³-hybridized carbons (Fsp3) is 0.929. The molecule has 126 valence electrons. The third-order valence-electron chi connectivity index (χ3n) is 5.45. The molecule has 7 N–H and O–H groups in total. The van der Waals surface area contributed by atoms with Gasteiger partial charge >= 0.3 is 13.1 Å². The minimum absolute atomic E-state index is 0.0968. The second kappa shape index (κ2) is 7.27. The minimum atomic E-state index is -1.35. The largest absolute Gasteiger partial charge is 0.480 e. The molecule has 8 heteroatoms. The predicted octanol–water partition coefficient (Wildman–Crippen LogP) is -0.982. The molecule has 5 atom stereocenters. The van der Waals surface area contributed by atoms with Crippen molar-refractivity contribution in [2.45, 2.75) is 50.0 Å². The van der Waals surface area contributed by atoms with E-state index >= 15 is 0 Å². The molecule has 0 aromatic rings. The maximum absolute atomic E-state index is 11.6. The molecule has 0 amide bonds. The van der Waals surface area contributed by atoms with Crippen LogP contribution in [0.15, 0.2) is 0 Å². The summed E-state index contributed by atoms with van der Waals surface area (Å²) in [5.41, 5.74) is 5.02. The van der Waals surface area contributed by atoms with E-state index in [0.717, 1.165) is 12.8 Å². The molecule has 2 fully saturated rings. The number of aliphatic hydroxyl groups is 1. The van der Waals surface area contributed by atoms with Crippen LogP contribution in [0.5, 0.6) is 0 Å². The lowest BCUT2D eigenvalue weighted by Gasteiger charge is -2.31. The number of rotatable bonds is 8. The molecule has 0 saturated heterocycles. The van der Waals surface area contributed by atoms with Gasteiger partial charge in [0.25, 0.3) is 0 Å². The second-order valence-electron chi connectivity index (χ2n) is 6.84. The SMILES string of the molecule is N[C@@]1(C(=O)O)C[C@H]2C[C@H](NCCO)C[C@H]2[C@@H]1CCCB(O)O. The summed E-state index contributed by atoms with van der Waals surface area (Å²) >= 11 is 0. The van der Waals surface area contributed by atoms with Gasteiger partial charge in [0.15, 0.2) is 0 Å². The molecule has 0 radical (unpaired) electrons. The zero-order valence-electron chi connectivity index (χ0n) is 12.8. The zero-order valence-corrected chi connectivity index (χ0v) is 12.8. The fourth-order valence-corrected chi connectivity index (χ4v) is 4.53. The quantitative estimate of drug-likeness (QED) is 0.317. The van der Waals surface area contributed by atoms with Crippen molar-refractivity contribution in [3.63, 3.8) is 0 Å². The van der Waals surface area contributed by atoms with Crippen molar-refractivity contribution in [1.29, 1.82) is 0 Å². The van der Waals surface area contributed by atoms with E-state index in [0.29, 0.717) is 37.8 Å². The highest BCUT2D eigenvalue weighted by atomic mass is 16.4. The van der Waals surface area contributed by atoms with Crippen molar-refractivity contribution >= 4 is 13.1 Å². The van der Waals surface area contributed by atoms with Gasteiger partial charge in [-0.2, -0.15) is 0 Å². The number of aliphatic carboxylic acids is 1. The molecule has 0 unspecified atom stereocenters. The van der Waals surface area contributed by atoms with Gasteiger partial charge in [-0.05, 0) is 49.8 Å². The topological polar surface area (TPSA) is 136 Å². The highest BCUT2D eigenvalue weighted by Crippen LogP contribution is 2.53. The summed E-state index contributed by atoms with van der Waals surface area (Å²) in [6.45, 7) is 0.651. The Hall–Kier alpha value is -0.665. The Morgan fingerprint density at radius 2 is 2.09 bits per heavy atom. The molecule has 2 saturated carbocycles. The van der Waals surface area contributed by atoms with Gasteiger partial charge < -0.3 is 31.3 Å². The number of hydrogen-bond donors (Lipinski definition) is 6. The Kier molecular flexibility index (Phi) is 5.84.